The molecule has 0 unspecified atom stereocenters. The molecule has 0 aromatic carbocycles. The summed E-state index contributed by atoms with van der Waals surface area (Å²) >= 11 is 6.20. The van der Waals surface area contributed by atoms with Crippen LogP contribution in [0.25, 0.3) is 11.0 Å². The van der Waals surface area contributed by atoms with Crippen molar-refractivity contribution in [3.63, 3.8) is 0 Å². The van der Waals surface area contributed by atoms with Crippen molar-refractivity contribution in [2.24, 2.45) is 0 Å². The third-order valence-electron chi connectivity index (χ3n) is 4.60. The normalized spacial score (nSPS) is 19.6. The maximum absolute atomic E-state index is 12.6. The molecule has 0 saturated heterocycles. The number of hydrogen-bond acceptors (Lipinski definition) is 9. The lowest BCUT2D eigenvalue weighted by Gasteiger charge is -2.20. The molecule has 0 saturated carbocycles. The van der Waals surface area contributed by atoms with Crippen molar-refractivity contribution < 1.29 is 28.6 Å². The van der Waals surface area contributed by atoms with Crippen LogP contribution in [0.3, 0.4) is 0 Å². The molecule has 162 valence electrons. The molecular weight excluding hydrogens is 435 g/mol. The summed E-state index contributed by atoms with van der Waals surface area (Å²) in [5.74, 6) is -0.336. The van der Waals surface area contributed by atoms with Crippen LogP contribution in [0.2, 0.25) is 5.15 Å². The van der Waals surface area contributed by atoms with Crippen LogP contribution in [-0.4, -0.2) is 50.4 Å². The van der Waals surface area contributed by atoms with Crippen LogP contribution in [0, 0.1) is 18.3 Å². The van der Waals surface area contributed by atoms with Crippen molar-refractivity contribution in [2.45, 2.75) is 39.3 Å². The molecule has 2 N–H and O–H groups in total. The highest BCUT2D eigenvalue weighted by molar-refractivity contribution is 7.53. The van der Waals surface area contributed by atoms with E-state index in [1.54, 1.807) is 25.3 Å². The smallest absolute Gasteiger partial charge is 0.356 e. The molecule has 30 heavy (non-hydrogen) atoms. The summed E-state index contributed by atoms with van der Waals surface area (Å²) < 4.78 is 30.1. The Balaban J connectivity index is 1.90. The van der Waals surface area contributed by atoms with Crippen LogP contribution < -0.4 is 0 Å². The van der Waals surface area contributed by atoms with Crippen molar-refractivity contribution in [2.75, 3.05) is 19.6 Å². The molecule has 0 amide bonds. The number of halogens is 1. The second-order valence-electron chi connectivity index (χ2n) is 6.57. The Bertz CT molecular complexity index is 1070. The molecule has 1 aliphatic rings. The van der Waals surface area contributed by atoms with Crippen molar-refractivity contribution >= 4 is 30.2 Å². The van der Waals surface area contributed by atoms with E-state index in [2.05, 4.69) is 9.97 Å². The Labute approximate surface area is 178 Å². The van der Waals surface area contributed by atoms with Gasteiger partial charge in [-0.2, -0.15) is 5.26 Å². The zero-order valence-electron chi connectivity index (χ0n) is 16.7. The third-order valence-corrected chi connectivity index (χ3v) is 6.64. The summed E-state index contributed by atoms with van der Waals surface area (Å²) in [4.78, 5) is 8.42. The fourth-order valence-electron chi connectivity index (χ4n) is 3.37. The lowest BCUT2D eigenvalue weighted by molar-refractivity contribution is 0.0604. The summed E-state index contributed by atoms with van der Waals surface area (Å²) in [5.41, 5.74) is 0.590. The molecule has 0 fully saturated rings. The quantitative estimate of drug-likeness (QED) is 0.442. The van der Waals surface area contributed by atoms with Crippen molar-refractivity contribution in [1.29, 1.82) is 5.26 Å². The second-order valence-corrected chi connectivity index (χ2v) is 8.93. The molecule has 3 rings (SSSR count). The van der Waals surface area contributed by atoms with E-state index in [0.29, 0.717) is 16.9 Å². The average molecular weight is 457 g/mol. The first-order valence-corrected chi connectivity index (χ1v) is 11.4. The minimum atomic E-state index is -3.49. The molecule has 1 aliphatic carbocycles. The Hall–Kier alpha value is -2.15. The summed E-state index contributed by atoms with van der Waals surface area (Å²) in [5, 5.41) is 30.9. The lowest BCUT2D eigenvalue weighted by atomic mass is 10.2. The number of nitriles is 1. The number of rotatable bonds is 8. The number of fused-ring (bicyclic) bond motifs is 1. The summed E-state index contributed by atoms with van der Waals surface area (Å²) in [6.45, 7) is 5.36. The number of aromatic nitrogens is 3. The van der Waals surface area contributed by atoms with E-state index in [0.717, 1.165) is 0 Å². The van der Waals surface area contributed by atoms with E-state index in [1.807, 2.05) is 6.07 Å². The van der Waals surface area contributed by atoms with Crippen molar-refractivity contribution in [1.82, 2.24) is 14.5 Å². The first-order valence-electron chi connectivity index (χ1n) is 9.31. The third kappa shape index (κ3) is 4.17. The first-order chi connectivity index (χ1) is 14.2. The predicted molar refractivity (Wildman–Crippen MR) is 109 cm³/mol. The molecule has 2 aromatic heterocycles. The Morgan fingerprint density at radius 1 is 1.30 bits per heavy atom. The molecule has 10 nitrogen and oxygen atoms in total. The monoisotopic (exact) mass is 456 g/mol. The standard InChI is InChI=1S/C18H22ClN4O6P/c1-4-28-30(26,29-5-2)9-27-13-6-12(15(24)16(13)25)23-8-11(7-20)14-17(19)21-10(3)22-18(14)23/h8,12-13,24-25H,4-6,9H2,1-3H3/t12-,13+/m1/s1. The Morgan fingerprint density at radius 3 is 2.57 bits per heavy atom. The van der Waals surface area contributed by atoms with Crippen LogP contribution in [0.4, 0.5) is 0 Å². The highest BCUT2D eigenvalue weighted by Gasteiger charge is 2.39. The van der Waals surface area contributed by atoms with Gasteiger partial charge in [-0.25, -0.2) is 9.97 Å². The molecule has 0 spiro atoms. The highest BCUT2D eigenvalue weighted by Crippen LogP contribution is 2.49. The zero-order valence-corrected chi connectivity index (χ0v) is 18.4. The zero-order chi connectivity index (χ0) is 22.1. The van der Waals surface area contributed by atoms with Gasteiger partial charge in [-0.15, -0.1) is 0 Å². The van der Waals surface area contributed by atoms with E-state index >= 15 is 0 Å². The molecule has 2 aromatic rings. The number of hydrogen-bond donors (Lipinski definition) is 2. The number of aliphatic hydroxyl groups is 2. The molecule has 0 bridgehead atoms. The van der Waals surface area contributed by atoms with Gasteiger partial charge in [-0.3, -0.25) is 4.57 Å². The molecule has 12 heteroatoms. The Morgan fingerprint density at radius 2 is 1.97 bits per heavy atom. The predicted octanol–water partition coefficient (Wildman–Crippen LogP) is 4.15. The minimum absolute atomic E-state index is 0.116. The topological polar surface area (TPSA) is 140 Å². The molecule has 0 aliphatic heterocycles. The van der Waals surface area contributed by atoms with Crippen LogP contribution in [0.5, 0.6) is 0 Å². The van der Waals surface area contributed by atoms with E-state index in [-0.39, 0.29) is 42.5 Å². The van der Waals surface area contributed by atoms with Gasteiger partial charge in [0.15, 0.2) is 11.5 Å². The largest absolute Gasteiger partial charge is 0.507 e. The SMILES string of the molecule is CCOP(=O)(CO[C@H]1C[C@@H](n2cc(C#N)c3c(Cl)nc(C)nc32)C(O)=C1O)OCC. The molecule has 0 radical (unpaired) electrons. The number of aryl methyl sites for hydroxylation is 1. The average Bonchev–Trinajstić information content (AvgIpc) is 3.19. The number of ether oxygens (including phenoxy) is 1. The fraction of sp³-hybridized carbons (Fsp3) is 0.500. The summed E-state index contributed by atoms with van der Waals surface area (Å²) in [6.07, 6.45) is 0.287. The molecular formula is C18H22ClN4O6P. The van der Waals surface area contributed by atoms with Crippen LogP contribution >= 0.6 is 19.2 Å². The van der Waals surface area contributed by atoms with Gasteiger partial charge in [-0.1, -0.05) is 11.6 Å². The number of allylic oxidation sites excluding steroid dienone is 1. The first kappa shape index (κ1) is 22.5. The number of aliphatic hydroxyl groups excluding tert-OH is 2. The lowest BCUT2D eigenvalue weighted by Crippen LogP contribution is -2.17. The second kappa shape index (κ2) is 8.92. The molecule has 2 heterocycles. The van der Waals surface area contributed by atoms with Crippen LogP contribution in [0.1, 0.15) is 37.7 Å². The van der Waals surface area contributed by atoms with E-state index in [4.69, 9.17) is 25.4 Å². The minimum Gasteiger partial charge on any atom is -0.507 e. The maximum atomic E-state index is 12.6. The molecule has 2 atom stereocenters. The van der Waals surface area contributed by atoms with Gasteiger partial charge < -0.3 is 28.6 Å². The van der Waals surface area contributed by atoms with Gasteiger partial charge in [0.25, 0.3) is 0 Å². The highest BCUT2D eigenvalue weighted by atomic mass is 35.5. The van der Waals surface area contributed by atoms with Crippen molar-refractivity contribution in [3.8, 4) is 6.07 Å². The van der Waals surface area contributed by atoms with Gasteiger partial charge in [0.1, 0.15) is 35.1 Å². The van der Waals surface area contributed by atoms with Crippen LogP contribution in [0.15, 0.2) is 17.7 Å². The maximum Gasteiger partial charge on any atom is 0.356 e. The van der Waals surface area contributed by atoms with Gasteiger partial charge >= 0.3 is 7.60 Å². The van der Waals surface area contributed by atoms with E-state index in [9.17, 15) is 20.0 Å². The van der Waals surface area contributed by atoms with Gasteiger partial charge in [-0.05, 0) is 20.8 Å². The van der Waals surface area contributed by atoms with Gasteiger partial charge in [0.05, 0.1) is 30.2 Å². The van der Waals surface area contributed by atoms with Gasteiger partial charge in [0, 0.05) is 12.6 Å². The van der Waals surface area contributed by atoms with E-state index in [1.165, 1.54) is 6.20 Å². The fourth-order valence-corrected chi connectivity index (χ4v) is 5.05. The van der Waals surface area contributed by atoms with Crippen LogP contribution in [-0.2, 0) is 18.3 Å². The summed E-state index contributed by atoms with van der Waals surface area (Å²) in [6, 6.07) is 1.28. The number of nitrogens with zero attached hydrogens (tertiary/aromatic N) is 4. The Kier molecular flexibility index (Phi) is 6.70. The van der Waals surface area contributed by atoms with E-state index < -0.39 is 25.5 Å². The van der Waals surface area contributed by atoms with Gasteiger partial charge in [0.2, 0.25) is 0 Å². The van der Waals surface area contributed by atoms with Crippen molar-refractivity contribution in [3.05, 3.63) is 34.3 Å². The summed E-state index contributed by atoms with van der Waals surface area (Å²) in [7, 11) is -3.49.